The molecule has 0 saturated carbocycles. The van der Waals surface area contributed by atoms with Crippen LogP contribution in [0.1, 0.15) is 408 Å². The molecule has 0 spiro atoms. The molecule has 0 fully saturated rings. The Morgan fingerprint density at radius 1 is 0.278 bits per heavy atom. The van der Waals surface area contributed by atoms with Gasteiger partial charge in [0.25, 0.3) is 0 Å². The van der Waals surface area contributed by atoms with Crippen molar-refractivity contribution < 1.29 is 80.2 Å². The van der Waals surface area contributed by atoms with E-state index in [-0.39, 0.29) is 25.7 Å². The molecule has 0 heterocycles. The van der Waals surface area contributed by atoms with E-state index >= 15 is 0 Å². The van der Waals surface area contributed by atoms with Crippen LogP contribution in [0.4, 0.5) is 0 Å². The van der Waals surface area contributed by atoms with E-state index in [1.54, 1.807) is 0 Å². The first kappa shape index (κ1) is 95.1. The van der Waals surface area contributed by atoms with Crippen molar-refractivity contribution in [3.63, 3.8) is 0 Å². The highest BCUT2D eigenvalue weighted by Gasteiger charge is 2.30. The third-order valence-corrected chi connectivity index (χ3v) is 20.1. The summed E-state index contributed by atoms with van der Waals surface area (Å²) in [5.74, 6) is -0.575. The van der Waals surface area contributed by atoms with Crippen molar-refractivity contribution in [3.05, 3.63) is 0 Å². The summed E-state index contributed by atoms with van der Waals surface area (Å²) in [6.45, 7) is 9.60. The molecular weight excluding hydrogens is 1270 g/mol. The van der Waals surface area contributed by atoms with E-state index < -0.39 is 97.5 Å². The first-order valence-corrected chi connectivity index (χ1v) is 43.5. The molecule has 0 aromatic heterocycles. The fourth-order valence-corrected chi connectivity index (χ4v) is 13.6. The maximum Gasteiger partial charge on any atom is 0.472 e. The molecule has 576 valence electrons. The fourth-order valence-electron chi connectivity index (χ4n) is 12.0. The number of carbonyl (C=O) groups excluding carboxylic acids is 4. The van der Waals surface area contributed by atoms with Crippen LogP contribution in [-0.2, 0) is 65.4 Å². The number of hydrogen-bond donors (Lipinski definition) is 3. The molecule has 0 aliphatic heterocycles. The molecule has 0 amide bonds. The Morgan fingerprint density at radius 3 is 0.701 bits per heavy atom. The summed E-state index contributed by atoms with van der Waals surface area (Å²) in [6, 6.07) is 0. The Morgan fingerprint density at radius 2 is 0.474 bits per heavy atom. The molecule has 0 aromatic carbocycles. The molecule has 0 aliphatic carbocycles. The SMILES string of the molecule is CCCCCCCCCCCCCCCCCCCCC(=O)OC[C@H](COP(=O)(O)OC[C@@H](O)COP(=O)(O)OC[C@@H](COC(=O)CCCCCCCCCCC)OC(=O)CCCCCCCCCCCC(C)C)OC(=O)CCCCCCCCCCCCCCCCCC(C)C. The lowest BCUT2D eigenvalue weighted by molar-refractivity contribution is -0.161. The average Bonchev–Trinajstić information content (AvgIpc) is 1.17. The highest BCUT2D eigenvalue weighted by Crippen LogP contribution is 2.45. The smallest absolute Gasteiger partial charge is 0.462 e. The topological polar surface area (TPSA) is 237 Å². The predicted octanol–water partition coefficient (Wildman–Crippen LogP) is 23.1. The van der Waals surface area contributed by atoms with E-state index in [2.05, 4.69) is 41.5 Å². The van der Waals surface area contributed by atoms with Gasteiger partial charge in [0.15, 0.2) is 12.2 Å². The number of aliphatic hydroxyl groups is 1. The van der Waals surface area contributed by atoms with Crippen LogP contribution >= 0.6 is 15.6 Å². The van der Waals surface area contributed by atoms with E-state index in [0.29, 0.717) is 25.7 Å². The maximum atomic E-state index is 13.1. The number of ether oxygens (including phenoxy) is 4. The van der Waals surface area contributed by atoms with Crippen LogP contribution in [0.15, 0.2) is 0 Å². The lowest BCUT2D eigenvalue weighted by Gasteiger charge is -2.21. The lowest BCUT2D eigenvalue weighted by Crippen LogP contribution is -2.30. The van der Waals surface area contributed by atoms with Crippen molar-refractivity contribution in [2.45, 2.75) is 426 Å². The van der Waals surface area contributed by atoms with Crippen molar-refractivity contribution in [2.24, 2.45) is 11.8 Å². The van der Waals surface area contributed by atoms with Gasteiger partial charge in [-0.1, -0.05) is 356 Å². The van der Waals surface area contributed by atoms with Crippen molar-refractivity contribution in [3.8, 4) is 0 Å². The number of phosphoric acid groups is 2. The zero-order valence-corrected chi connectivity index (χ0v) is 65.2. The largest absolute Gasteiger partial charge is 0.472 e. The summed E-state index contributed by atoms with van der Waals surface area (Å²) in [6.07, 6.45) is 58.3. The van der Waals surface area contributed by atoms with Gasteiger partial charge in [0.05, 0.1) is 26.4 Å². The van der Waals surface area contributed by atoms with Gasteiger partial charge in [-0.05, 0) is 37.5 Å². The number of esters is 4. The maximum absolute atomic E-state index is 13.1. The summed E-state index contributed by atoms with van der Waals surface area (Å²) >= 11 is 0. The number of rotatable bonds is 77. The summed E-state index contributed by atoms with van der Waals surface area (Å²) < 4.78 is 68.6. The normalized spacial score (nSPS) is 14.0. The van der Waals surface area contributed by atoms with Gasteiger partial charge in [-0.3, -0.25) is 37.3 Å². The molecule has 0 aliphatic rings. The predicted molar refractivity (Wildman–Crippen MR) is 395 cm³/mol. The van der Waals surface area contributed by atoms with E-state index in [0.717, 1.165) is 102 Å². The molecule has 19 heteroatoms. The molecular formula is C78H152O17P2. The quantitative estimate of drug-likeness (QED) is 0.0222. The van der Waals surface area contributed by atoms with E-state index in [1.807, 2.05) is 0 Å². The van der Waals surface area contributed by atoms with Crippen LogP contribution in [0, 0.1) is 11.8 Å². The second-order valence-electron chi connectivity index (χ2n) is 29.1. The van der Waals surface area contributed by atoms with Crippen LogP contribution in [-0.4, -0.2) is 96.7 Å². The van der Waals surface area contributed by atoms with Crippen LogP contribution in [0.5, 0.6) is 0 Å². The van der Waals surface area contributed by atoms with Crippen LogP contribution < -0.4 is 0 Å². The van der Waals surface area contributed by atoms with Crippen LogP contribution in [0.3, 0.4) is 0 Å². The fraction of sp³-hybridized carbons (Fsp3) is 0.949. The second kappa shape index (κ2) is 69.8. The zero-order chi connectivity index (χ0) is 71.4. The average molecular weight is 1420 g/mol. The third kappa shape index (κ3) is 72.2. The second-order valence-corrected chi connectivity index (χ2v) is 32.0. The summed E-state index contributed by atoms with van der Waals surface area (Å²) in [7, 11) is -9.91. The first-order chi connectivity index (χ1) is 46.9. The Hall–Kier alpha value is -1.94. The molecule has 0 rings (SSSR count). The van der Waals surface area contributed by atoms with Crippen LogP contribution in [0.2, 0.25) is 0 Å². The van der Waals surface area contributed by atoms with Gasteiger partial charge in [0.2, 0.25) is 0 Å². The molecule has 0 bridgehead atoms. The highest BCUT2D eigenvalue weighted by molar-refractivity contribution is 7.47. The minimum atomic E-state index is -4.96. The van der Waals surface area contributed by atoms with Gasteiger partial charge < -0.3 is 33.8 Å². The molecule has 5 atom stereocenters. The Kier molecular flexibility index (Phi) is 68.4. The minimum Gasteiger partial charge on any atom is -0.462 e. The number of aliphatic hydroxyl groups excluding tert-OH is 1. The molecule has 17 nitrogen and oxygen atoms in total. The van der Waals surface area contributed by atoms with Crippen molar-refractivity contribution in [1.82, 2.24) is 0 Å². The molecule has 0 radical (unpaired) electrons. The van der Waals surface area contributed by atoms with Crippen molar-refractivity contribution >= 4 is 39.5 Å². The highest BCUT2D eigenvalue weighted by atomic mass is 31.2. The number of unbranched alkanes of at least 4 members (excludes halogenated alkanes) is 47. The standard InChI is InChI=1S/C78H152O17P2/c1-7-9-11-13-15-17-18-19-20-21-22-25-28-31-37-43-49-55-61-76(81)89-67-74(94-77(82)62-56-50-44-38-32-29-26-23-24-27-30-35-40-46-52-58-70(3)4)69-93-97(86,87)91-65-72(79)64-90-96(84,85)92-68-73(66-88-75(80)60-54-48-42-34-16-14-12-10-8-2)95-78(83)63-57-51-45-39-33-36-41-47-53-59-71(5)6/h70-74,79H,7-69H2,1-6H3,(H,84,85)(H,86,87)/t72-,73+,74+/m0/s1. The summed E-state index contributed by atoms with van der Waals surface area (Å²) in [5.41, 5.74) is 0. The molecule has 2 unspecified atom stereocenters. The number of hydrogen-bond acceptors (Lipinski definition) is 15. The Labute approximate surface area is 594 Å². The molecule has 0 saturated heterocycles. The zero-order valence-electron chi connectivity index (χ0n) is 63.4. The minimum absolute atomic E-state index is 0.105. The van der Waals surface area contributed by atoms with E-state index in [4.69, 9.17) is 37.0 Å². The molecule has 97 heavy (non-hydrogen) atoms. The summed E-state index contributed by atoms with van der Waals surface area (Å²) in [5, 5.41) is 10.6. The number of phosphoric ester groups is 2. The van der Waals surface area contributed by atoms with Crippen LogP contribution in [0.25, 0.3) is 0 Å². The lowest BCUT2D eigenvalue weighted by atomic mass is 10.0. The van der Waals surface area contributed by atoms with Gasteiger partial charge >= 0.3 is 39.5 Å². The monoisotopic (exact) mass is 1420 g/mol. The van der Waals surface area contributed by atoms with Gasteiger partial charge in [-0.25, -0.2) is 9.13 Å². The van der Waals surface area contributed by atoms with Gasteiger partial charge in [-0.15, -0.1) is 0 Å². The van der Waals surface area contributed by atoms with Gasteiger partial charge in [0, 0.05) is 25.7 Å². The summed E-state index contributed by atoms with van der Waals surface area (Å²) in [4.78, 5) is 72.8. The number of carbonyl (C=O) groups is 4. The van der Waals surface area contributed by atoms with Crippen molar-refractivity contribution in [1.29, 1.82) is 0 Å². The molecule has 0 aromatic rings. The third-order valence-electron chi connectivity index (χ3n) is 18.2. The van der Waals surface area contributed by atoms with Gasteiger partial charge in [-0.2, -0.15) is 0 Å². The molecule has 3 N–H and O–H groups in total. The van der Waals surface area contributed by atoms with Gasteiger partial charge in [0.1, 0.15) is 19.3 Å². The van der Waals surface area contributed by atoms with E-state index in [1.165, 1.54) is 225 Å². The first-order valence-electron chi connectivity index (χ1n) is 40.5. The van der Waals surface area contributed by atoms with Crippen molar-refractivity contribution in [2.75, 3.05) is 39.6 Å². The Balaban J connectivity index is 5.22. The Bertz CT molecular complexity index is 1870. The van der Waals surface area contributed by atoms with E-state index in [9.17, 15) is 43.2 Å².